The van der Waals surface area contributed by atoms with Gasteiger partial charge in [0.15, 0.2) is 5.82 Å². The lowest BCUT2D eigenvalue weighted by molar-refractivity contribution is -0.116. The number of amides is 1. The van der Waals surface area contributed by atoms with Crippen LogP contribution in [0.4, 0.5) is 24.7 Å². The maximum Gasteiger partial charge on any atom is 0.223 e. The van der Waals surface area contributed by atoms with Crippen molar-refractivity contribution in [3.05, 3.63) is 42.1 Å². The van der Waals surface area contributed by atoms with Crippen molar-refractivity contribution < 1.29 is 18.0 Å². The molecule has 2 aromatic rings. The van der Waals surface area contributed by atoms with E-state index in [2.05, 4.69) is 4.98 Å². The lowest BCUT2D eigenvalue weighted by Crippen LogP contribution is -2.29. The highest BCUT2D eigenvalue weighted by Crippen LogP contribution is 2.39. The van der Waals surface area contributed by atoms with Crippen molar-refractivity contribution >= 4 is 17.4 Å². The fourth-order valence-corrected chi connectivity index (χ4v) is 2.99. The van der Waals surface area contributed by atoms with Gasteiger partial charge in [-0.15, -0.1) is 0 Å². The van der Waals surface area contributed by atoms with Crippen LogP contribution in [-0.4, -0.2) is 37.2 Å². The Labute approximate surface area is 143 Å². The van der Waals surface area contributed by atoms with E-state index in [0.717, 1.165) is 18.2 Å². The molecular formula is C18H18F3N3O. The first kappa shape index (κ1) is 17.3. The Kier molecular flexibility index (Phi) is 4.65. The van der Waals surface area contributed by atoms with Crippen LogP contribution in [0.15, 0.2) is 30.5 Å². The Morgan fingerprint density at radius 1 is 1.28 bits per heavy atom. The van der Waals surface area contributed by atoms with E-state index in [4.69, 9.17) is 0 Å². The molecule has 25 heavy (non-hydrogen) atoms. The smallest absolute Gasteiger partial charge is 0.223 e. The van der Waals surface area contributed by atoms with Gasteiger partial charge in [-0.1, -0.05) is 0 Å². The third-order valence-electron chi connectivity index (χ3n) is 4.36. The summed E-state index contributed by atoms with van der Waals surface area (Å²) < 4.78 is 41.6. The number of pyridine rings is 1. The van der Waals surface area contributed by atoms with E-state index in [1.165, 1.54) is 31.1 Å². The summed E-state index contributed by atoms with van der Waals surface area (Å²) in [5.41, 5.74) is 0.707. The van der Waals surface area contributed by atoms with Gasteiger partial charge in [0, 0.05) is 37.8 Å². The van der Waals surface area contributed by atoms with Crippen molar-refractivity contribution in [3.63, 3.8) is 0 Å². The summed E-state index contributed by atoms with van der Waals surface area (Å²) in [5, 5.41) is 0. The van der Waals surface area contributed by atoms with Crippen LogP contribution in [0.2, 0.25) is 0 Å². The molecule has 1 amide bonds. The molecule has 1 fully saturated rings. The van der Waals surface area contributed by atoms with Gasteiger partial charge in [-0.3, -0.25) is 4.79 Å². The summed E-state index contributed by atoms with van der Waals surface area (Å²) >= 11 is 0. The minimum Gasteiger partial charge on any atom is -0.352 e. The second kappa shape index (κ2) is 6.74. The molecule has 1 saturated heterocycles. The molecule has 1 aliphatic heterocycles. The molecule has 1 aromatic carbocycles. The van der Waals surface area contributed by atoms with Crippen molar-refractivity contribution in [2.24, 2.45) is 0 Å². The number of halogens is 3. The van der Waals surface area contributed by atoms with Crippen LogP contribution in [0.25, 0.3) is 11.1 Å². The van der Waals surface area contributed by atoms with Gasteiger partial charge in [0.25, 0.3) is 0 Å². The number of nitrogens with zero attached hydrogens (tertiary/aromatic N) is 3. The number of carbonyl (C=O) groups is 1. The zero-order chi connectivity index (χ0) is 18.1. The van der Waals surface area contributed by atoms with Crippen LogP contribution >= 0.6 is 0 Å². The quantitative estimate of drug-likeness (QED) is 0.850. The number of hydrogen-bond donors (Lipinski definition) is 0. The molecule has 2 heterocycles. The Bertz CT molecular complexity index is 812. The van der Waals surface area contributed by atoms with Crippen molar-refractivity contribution in [1.29, 1.82) is 0 Å². The van der Waals surface area contributed by atoms with E-state index in [1.807, 2.05) is 0 Å². The second-order valence-corrected chi connectivity index (χ2v) is 6.06. The summed E-state index contributed by atoms with van der Waals surface area (Å²) in [6.45, 7) is 1.97. The van der Waals surface area contributed by atoms with Crippen LogP contribution in [0.5, 0.6) is 0 Å². The minimum absolute atomic E-state index is 0.0303. The zero-order valence-electron chi connectivity index (χ0n) is 14.0. The molecule has 1 atom stereocenters. The number of carbonyl (C=O) groups excluding carboxylic acids is 1. The van der Waals surface area contributed by atoms with Gasteiger partial charge >= 0.3 is 0 Å². The molecule has 0 unspecified atom stereocenters. The molecule has 0 aliphatic carbocycles. The Morgan fingerprint density at radius 2 is 2.04 bits per heavy atom. The standard InChI is InChI=1S/C18H18F3N3O/c1-11(25)23(2)17-14(15-9-12(19)3-4-16(15)21)5-7-22-18(17)24-8-6-13(20)10-24/h3-5,7,9,13H,6,8,10H2,1-2H3/t13-/m0/s1. The number of benzene rings is 1. The van der Waals surface area contributed by atoms with Crippen molar-refractivity contribution in [2.45, 2.75) is 19.5 Å². The molecule has 132 valence electrons. The molecule has 0 radical (unpaired) electrons. The van der Waals surface area contributed by atoms with Gasteiger partial charge in [0.2, 0.25) is 5.91 Å². The van der Waals surface area contributed by atoms with E-state index in [1.54, 1.807) is 4.90 Å². The predicted molar refractivity (Wildman–Crippen MR) is 90.4 cm³/mol. The van der Waals surface area contributed by atoms with E-state index in [0.29, 0.717) is 30.0 Å². The number of aromatic nitrogens is 1. The number of alkyl halides is 1. The summed E-state index contributed by atoms with van der Waals surface area (Å²) in [6, 6.07) is 4.67. The van der Waals surface area contributed by atoms with Gasteiger partial charge in [-0.2, -0.15) is 0 Å². The molecule has 0 N–H and O–H groups in total. The van der Waals surface area contributed by atoms with Crippen molar-refractivity contribution in [2.75, 3.05) is 29.9 Å². The highest BCUT2D eigenvalue weighted by atomic mass is 19.1. The highest BCUT2D eigenvalue weighted by molar-refractivity contribution is 6.00. The van der Waals surface area contributed by atoms with Crippen LogP contribution < -0.4 is 9.80 Å². The van der Waals surface area contributed by atoms with Gasteiger partial charge in [0.05, 0.1) is 12.2 Å². The minimum atomic E-state index is -0.980. The molecule has 3 rings (SSSR count). The molecule has 7 heteroatoms. The average molecular weight is 349 g/mol. The molecule has 1 aromatic heterocycles. The highest BCUT2D eigenvalue weighted by Gasteiger charge is 2.28. The van der Waals surface area contributed by atoms with Crippen LogP contribution in [0.1, 0.15) is 13.3 Å². The molecular weight excluding hydrogens is 331 g/mol. The monoisotopic (exact) mass is 349 g/mol. The van der Waals surface area contributed by atoms with Gasteiger partial charge in [-0.25, -0.2) is 18.2 Å². The molecule has 0 bridgehead atoms. The first-order valence-corrected chi connectivity index (χ1v) is 7.96. The third-order valence-corrected chi connectivity index (χ3v) is 4.36. The summed E-state index contributed by atoms with van der Waals surface area (Å²) in [6.07, 6.45) is 0.841. The third kappa shape index (κ3) is 3.31. The first-order valence-electron chi connectivity index (χ1n) is 7.96. The van der Waals surface area contributed by atoms with E-state index in [9.17, 15) is 18.0 Å². The average Bonchev–Trinajstić information content (AvgIpc) is 3.02. The maximum atomic E-state index is 14.3. The van der Waals surface area contributed by atoms with Gasteiger partial charge in [-0.05, 0) is 30.7 Å². The fourth-order valence-electron chi connectivity index (χ4n) is 2.99. The normalized spacial score (nSPS) is 17.0. The molecule has 0 saturated carbocycles. The van der Waals surface area contributed by atoms with Crippen LogP contribution in [0, 0.1) is 11.6 Å². The topological polar surface area (TPSA) is 36.4 Å². The second-order valence-electron chi connectivity index (χ2n) is 6.06. The van der Waals surface area contributed by atoms with E-state index < -0.39 is 17.8 Å². The maximum absolute atomic E-state index is 14.3. The fraction of sp³-hybridized carbons (Fsp3) is 0.333. The van der Waals surface area contributed by atoms with Gasteiger partial charge < -0.3 is 9.80 Å². The van der Waals surface area contributed by atoms with Gasteiger partial charge in [0.1, 0.15) is 17.8 Å². The summed E-state index contributed by atoms with van der Waals surface area (Å²) in [5.74, 6) is -1.10. The van der Waals surface area contributed by atoms with Crippen molar-refractivity contribution in [1.82, 2.24) is 4.98 Å². The van der Waals surface area contributed by atoms with Crippen LogP contribution in [-0.2, 0) is 4.79 Å². The zero-order valence-corrected chi connectivity index (χ0v) is 14.0. The SMILES string of the molecule is CC(=O)N(C)c1c(-c2cc(F)ccc2F)ccnc1N1CC[C@H](F)C1. The summed E-state index contributed by atoms with van der Waals surface area (Å²) in [7, 11) is 1.53. The number of anilines is 2. The number of hydrogen-bond acceptors (Lipinski definition) is 3. The Morgan fingerprint density at radius 3 is 2.68 bits per heavy atom. The lowest BCUT2D eigenvalue weighted by atomic mass is 10.0. The Hall–Kier alpha value is -2.57. The van der Waals surface area contributed by atoms with E-state index in [-0.39, 0.29) is 18.0 Å². The number of rotatable bonds is 3. The molecule has 0 spiro atoms. The van der Waals surface area contributed by atoms with Crippen molar-refractivity contribution in [3.8, 4) is 11.1 Å². The van der Waals surface area contributed by atoms with Crippen LogP contribution in [0.3, 0.4) is 0 Å². The lowest BCUT2D eigenvalue weighted by Gasteiger charge is -2.27. The Balaban J connectivity index is 2.21. The molecule has 1 aliphatic rings. The first-order chi connectivity index (χ1) is 11.9. The predicted octanol–water partition coefficient (Wildman–Crippen LogP) is 3.56. The van der Waals surface area contributed by atoms with E-state index >= 15 is 0 Å². The summed E-state index contributed by atoms with van der Waals surface area (Å²) in [4.78, 5) is 19.3. The largest absolute Gasteiger partial charge is 0.352 e. The molecule has 4 nitrogen and oxygen atoms in total.